The fourth-order valence-electron chi connectivity index (χ4n) is 1.68. The molecule has 1 aromatic rings. The normalized spacial score (nSPS) is 13.4. The number of alkyl halides is 6. The molecule has 0 heterocycles. The summed E-state index contributed by atoms with van der Waals surface area (Å²) in [7, 11) is 0.823. The van der Waals surface area contributed by atoms with Gasteiger partial charge in [0.15, 0.2) is 4.90 Å². The summed E-state index contributed by atoms with van der Waals surface area (Å²) in [6.07, 6.45) is -7.62. The predicted octanol–water partition coefficient (Wildman–Crippen LogP) is 3.79. The SMILES string of the molecule is COCOC(COc1ccc([S+](C)C)cc1)(C(F)(F)F)C(F)(F)F. The second kappa shape index (κ2) is 7.83. The quantitative estimate of drug-likeness (QED) is 0.410. The monoisotopic (exact) mass is 379 g/mol. The van der Waals surface area contributed by atoms with Gasteiger partial charge in [-0.05, 0) is 24.3 Å². The molecule has 0 unspecified atom stereocenters. The Balaban J connectivity index is 3.04. The summed E-state index contributed by atoms with van der Waals surface area (Å²) in [5.74, 6) is -0.122. The van der Waals surface area contributed by atoms with Crippen LogP contribution in [-0.2, 0) is 20.4 Å². The lowest BCUT2D eigenvalue weighted by Crippen LogP contribution is -2.62. The van der Waals surface area contributed by atoms with Crippen LogP contribution in [0.4, 0.5) is 26.3 Å². The van der Waals surface area contributed by atoms with Gasteiger partial charge < -0.3 is 14.2 Å². The highest BCUT2D eigenvalue weighted by Crippen LogP contribution is 2.46. The fraction of sp³-hybridized carbons (Fsp3) is 0.571. The van der Waals surface area contributed by atoms with E-state index < -0.39 is 31.4 Å². The summed E-state index contributed by atoms with van der Waals surface area (Å²) in [4.78, 5) is 0.899. The smallest absolute Gasteiger partial charge is 0.430 e. The minimum Gasteiger partial charge on any atom is -0.490 e. The van der Waals surface area contributed by atoms with Gasteiger partial charge in [-0.25, -0.2) is 0 Å². The van der Waals surface area contributed by atoms with E-state index >= 15 is 0 Å². The van der Waals surface area contributed by atoms with Gasteiger partial charge in [-0.3, -0.25) is 0 Å². The van der Waals surface area contributed by atoms with Crippen LogP contribution in [0.2, 0.25) is 0 Å². The first kappa shape index (κ1) is 20.9. The lowest BCUT2D eigenvalue weighted by molar-refractivity contribution is -0.397. The number of hydrogen-bond donors (Lipinski definition) is 0. The van der Waals surface area contributed by atoms with Crippen LogP contribution >= 0.6 is 0 Å². The molecule has 0 amide bonds. The Bertz CT molecular complexity index is 499. The van der Waals surface area contributed by atoms with Crippen LogP contribution in [0.15, 0.2) is 29.2 Å². The molecule has 0 saturated carbocycles. The van der Waals surface area contributed by atoms with Crippen molar-refractivity contribution in [3.63, 3.8) is 0 Å². The van der Waals surface area contributed by atoms with Crippen molar-refractivity contribution in [2.45, 2.75) is 22.8 Å². The Morgan fingerprint density at radius 1 is 0.917 bits per heavy atom. The lowest BCUT2D eigenvalue weighted by atomic mass is 10.0. The summed E-state index contributed by atoms with van der Waals surface area (Å²) in [6.45, 7) is -2.96. The van der Waals surface area contributed by atoms with E-state index in [0.717, 1.165) is 12.0 Å². The zero-order chi connectivity index (χ0) is 18.6. The third kappa shape index (κ3) is 4.70. The first-order valence-electron chi connectivity index (χ1n) is 6.51. The van der Waals surface area contributed by atoms with Crippen molar-refractivity contribution < 1.29 is 40.6 Å². The van der Waals surface area contributed by atoms with Crippen molar-refractivity contribution in [1.82, 2.24) is 0 Å². The number of rotatable bonds is 7. The molecule has 0 atom stereocenters. The molecule has 0 aliphatic heterocycles. The Hall–Kier alpha value is -1.13. The van der Waals surface area contributed by atoms with Crippen LogP contribution < -0.4 is 4.74 Å². The minimum absolute atomic E-state index is 0.0975. The Morgan fingerprint density at radius 3 is 1.79 bits per heavy atom. The summed E-state index contributed by atoms with van der Waals surface area (Å²) in [6, 6.07) is 5.79. The molecule has 0 radical (unpaired) electrons. The van der Waals surface area contributed by atoms with Crippen molar-refractivity contribution in [1.29, 1.82) is 0 Å². The van der Waals surface area contributed by atoms with Crippen molar-refractivity contribution in [3.8, 4) is 5.75 Å². The van der Waals surface area contributed by atoms with E-state index in [9.17, 15) is 26.3 Å². The maximum Gasteiger partial charge on any atom is 0.430 e. The molecule has 138 valence electrons. The molecule has 1 rings (SSSR count). The van der Waals surface area contributed by atoms with E-state index in [-0.39, 0.29) is 16.6 Å². The number of benzene rings is 1. The largest absolute Gasteiger partial charge is 0.490 e. The summed E-state index contributed by atoms with van der Waals surface area (Å²) in [5.41, 5.74) is -4.48. The maximum absolute atomic E-state index is 13.1. The third-order valence-electron chi connectivity index (χ3n) is 3.08. The Kier molecular flexibility index (Phi) is 6.83. The van der Waals surface area contributed by atoms with Crippen LogP contribution in [0.25, 0.3) is 0 Å². The van der Waals surface area contributed by atoms with Gasteiger partial charge in [0.25, 0.3) is 5.60 Å². The molecule has 0 spiro atoms. The van der Waals surface area contributed by atoms with Crippen molar-refractivity contribution in [2.24, 2.45) is 0 Å². The van der Waals surface area contributed by atoms with Gasteiger partial charge in [-0.2, -0.15) is 26.3 Å². The summed E-state index contributed by atoms with van der Waals surface area (Å²) < 4.78 is 91.5. The highest BCUT2D eigenvalue weighted by molar-refractivity contribution is 7.95. The first-order chi connectivity index (χ1) is 10.9. The maximum atomic E-state index is 13.1. The standard InChI is InChI=1S/C14H17F6O3S/c1-21-9-23-12(13(15,16)17,14(18,19)20)8-22-10-4-6-11(7-5-10)24(2)3/h4-7H,8-9H2,1-3H3/q+1. The summed E-state index contributed by atoms with van der Waals surface area (Å²) >= 11 is 0. The van der Waals surface area contributed by atoms with Gasteiger partial charge in [0.1, 0.15) is 31.7 Å². The molecular weight excluding hydrogens is 362 g/mol. The number of ether oxygens (including phenoxy) is 3. The molecule has 3 nitrogen and oxygen atoms in total. The van der Waals surface area contributed by atoms with Gasteiger partial charge in [0.2, 0.25) is 0 Å². The molecule has 0 N–H and O–H groups in total. The molecule has 1 aromatic carbocycles. The second-order valence-corrected chi connectivity index (χ2v) is 7.05. The summed E-state index contributed by atoms with van der Waals surface area (Å²) in [5, 5.41) is 0. The van der Waals surface area contributed by atoms with E-state index in [4.69, 9.17) is 4.74 Å². The molecule has 10 heteroatoms. The predicted molar refractivity (Wildman–Crippen MR) is 77.2 cm³/mol. The van der Waals surface area contributed by atoms with Crippen LogP contribution in [0.3, 0.4) is 0 Å². The Labute approximate surface area is 138 Å². The van der Waals surface area contributed by atoms with Gasteiger partial charge in [-0.1, -0.05) is 0 Å². The highest BCUT2D eigenvalue weighted by atomic mass is 32.2. The van der Waals surface area contributed by atoms with Gasteiger partial charge in [-0.15, -0.1) is 0 Å². The number of hydrogen-bond acceptors (Lipinski definition) is 3. The molecular formula is C14H17F6O3S+. The first-order valence-corrected chi connectivity index (χ1v) is 8.55. The van der Waals surface area contributed by atoms with E-state index in [0.29, 0.717) is 0 Å². The van der Waals surface area contributed by atoms with E-state index in [2.05, 4.69) is 9.47 Å². The average molecular weight is 379 g/mol. The Morgan fingerprint density at radius 2 is 1.42 bits per heavy atom. The highest BCUT2D eigenvalue weighted by Gasteiger charge is 2.73. The lowest BCUT2D eigenvalue weighted by Gasteiger charge is -2.36. The van der Waals surface area contributed by atoms with Crippen molar-refractivity contribution in [2.75, 3.05) is 33.0 Å². The second-order valence-electron chi connectivity index (χ2n) is 4.95. The third-order valence-corrected chi connectivity index (χ3v) is 4.29. The molecule has 0 bridgehead atoms. The number of methoxy groups -OCH3 is 1. The van der Waals surface area contributed by atoms with Crippen LogP contribution in [0.1, 0.15) is 0 Å². The van der Waals surface area contributed by atoms with E-state index in [1.54, 1.807) is 12.1 Å². The zero-order valence-corrected chi connectivity index (χ0v) is 13.9. The minimum atomic E-state index is -5.73. The van der Waals surface area contributed by atoms with Crippen molar-refractivity contribution >= 4 is 10.9 Å². The molecule has 0 aliphatic rings. The van der Waals surface area contributed by atoms with Gasteiger partial charge >= 0.3 is 12.4 Å². The molecule has 0 fully saturated rings. The fourth-order valence-corrected chi connectivity index (χ4v) is 2.36. The van der Waals surface area contributed by atoms with Crippen LogP contribution in [-0.4, -0.2) is 51.0 Å². The zero-order valence-electron chi connectivity index (χ0n) is 13.1. The van der Waals surface area contributed by atoms with E-state index in [1.165, 1.54) is 12.1 Å². The van der Waals surface area contributed by atoms with Crippen LogP contribution in [0, 0.1) is 0 Å². The molecule has 0 aromatic heterocycles. The van der Waals surface area contributed by atoms with Crippen molar-refractivity contribution in [3.05, 3.63) is 24.3 Å². The molecule has 0 saturated heterocycles. The van der Waals surface area contributed by atoms with Gasteiger partial charge in [0, 0.05) is 18.0 Å². The average Bonchev–Trinajstić information content (AvgIpc) is 2.45. The number of halogens is 6. The van der Waals surface area contributed by atoms with Gasteiger partial charge in [0.05, 0.1) is 0 Å². The molecule has 24 heavy (non-hydrogen) atoms. The van der Waals surface area contributed by atoms with Crippen LogP contribution in [0.5, 0.6) is 5.75 Å². The molecule has 0 aliphatic carbocycles. The van der Waals surface area contributed by atoms with E-state index in [1.807, 2.05) is 12.5 Å². The topological polar surface area (TPSA) is 27.7 Å².